The third kappa shape index (κ3) is 5.67. The van der Waals surface area contributed by atoms with Crippen molar-refractivity contribution in [3.8, 4) is 0 Å². The number of allylic oxidation sites excluding steroid dienone is 4. The van der Waals surface area contributed by atoms with Crippen molar-refractivity contribution in [2.45, 2.75) is 6.42 Å². The maximum absolute atomic E-state index is 7.75. The average molecular weight is 151 g/mol. The Morgan fingerprint density at radius 3 is 1.62 bits per heavy atom. The van der Waals surface area contributed by atoms with Crippen LogP contribution in [0, 0.1) is 0 Å². The first kappa shape index (κ1) is 10.6. The minimum Gasteiger partial charge on any atom is -0.545 e. The molecule has 1 nitrogen and oxygen atoms in total. The van der Waals surface area contributed by atoms with E-state index in [0.29, 0.717) is 0 Å². The van der Waals surface area contributed by atoms with E-state index in [4.69, 9.17) is 4.79 Å². The number of hydrogen-bond donors (Lipinski definition) is 0. The van der Waals surface area contributed by atoms with Gasteiger partial charge < -0.3 is 4.79 Å². The van der Waals surface area contributed by atoms with Gasteiger partial charge in [0.15, 0.2) is 0 Å². The summed E-state index contributed by atoms with van der Waals surface area (Å²) >= 11 is 0. The predicted octanol–water partition coefficient (Wildman–Crippen LogP) is 1.23. The zero-order valence-electron chi connectivity index (χ0n) is 4.36. The Bertz CT molecular complexity index is 76.5. The van der Waals surface area contributed by atoms with Crippen LogP contribution in [0.1, 0.15) is 6.42 Å². The van der Waals surface area contributed by atoms with Crippen LogP contribution in [-0.4, -0.2) is 6.79 Å². The zero-order chi connectivity index (χ0) is 5.54. The van der Waals surface area contributed by atoms with Gasteiger partial charge >= 0.3 is 0 Å². The molecular formula is C6H7FeO-. The molecule has 0 fully saturated rings. The molecule has 0 saturated carbocycles. The van der Waals surface area contributed by atoms with Gasteiger partial charge in [0, 0.05) is 17.1 Å². The first-order valence-corrected chi connectivity index (χ1v) is 2.05. The quantitative estimate of drug-likeness (QED) is 0.289. The summed E-state index contributed by atoms with van der Waals surface area (Å²) in [6.45, 7) is 3.25. The Kier molecular flexibility index (Phi) is 13.0. The molecule has 2 heteroatoms. The average Bonchev–Trinajstić information content (AvgIpc) is 2.23. The van der Waals surface area contributed by atoms with Gasteiger partial charge in [0.25, 0.3) is 0 Å². The number of carbonyl (C=O) groups excluding carboxylic acids is 1. The van der Waals surface area contributed by atoms with Crippen molar-refractivity contribution >= 4 is 6.79 Å². The van der Waals surface area contributed by atoms with Crippen molar-refractivity contribution < 1.29 is 21.9 Å². The van der Waals surface area contributed by atoms with Crippen LogP contribution in [0.3, 0.4) is 0 Å². The molecule has 0 amide bonds. The first-order chi connectivity index (χ1) is 3.50. The summed E-state index contributed by atoms with van der Waals surface area (Å²) in [5, 5.41) is 0. The molecule has 1 aliphatic rings. The second-order valence-corrected chi connectivity index (χ2v) is 1.09. The SMILES string of the molecule is C1=CCC=C1.[CH-]=O.[Fe]. The van der Waals surface area contributed by atoms with Gasteiger partial charge in [0.2, 0.25) is 0 Å². The van der Waals surface area contributed by atoms with Gasteiger partial charge in [0.05, 0.1) is 0 Å². The second kappa shape index (κ2) is 9.83. The molecule has 0 aromatic carbocycles. The van der Waals surface area contributed by atoms with E-state index in [0.717, 1.165) is 6.42 Å². The zero-order valence-corrected chi connectivity index (χ0v) is 5.46. The molecule has 0 N–H and O–H groups in total. The summed E-state index contributed by atoms with van der Waals surface area (Å²) < 4.78 is 0. The number of rotatable bonds is 0. The van der Waals surface area contributed by atoms with Gasteiger partial charge in [-0.3, -0.25) is 6.79 Å². The Hall–Kier alpha value is -0.331. The molecule has 1 rings (SSSR count). The minimum absolute atomic E-state index is 0. The van der Waals surface area contributed by atoms with Crippen molar-refractivity contribution in [1.29, 1.82) is 0 Å². The van der Waals surface area contributed by atoms with E-state index in [1.54, 1.807) is 0 Å². The second-order valence-electron chi connectivity index (χ2n) is 1.09. The molecule has 0 unspecified atom stereocenters. The molecule has 0 spiro atoms. The van der Waals surface area contributed by atoms with Gasteiger partial charge in [-0.05, 0) is 6.42 Å². The van der Waals surface area contributed by atoms with E-state index in [1.165, 1.54) is 0 Å². The van der Waals surface area contributed by atoms with Crippen LogP contribution in [0.2, 0.25) is 0 Å². The van der Waals surface area contributed by atoms with Gasteiger partial charge in [0.1, 0.15) is 0 Å². The van der Waals surface area contributed by atoms with Gasteiger partial charge in [-0.2, -0.15) is 0 Å². The van der Waals surface area contributed by atoms with Crippen LogP contribution >= 0.6 is 0 Å². The third-order valence-corrected chi connectivity index (χ3v) is 0.655. The monoisotopic (exact) mass is 151 g/mol. The van der Waals surface area contributed by atoms with Crippen LogP contribution in [0.5, 0.6) is 0 Å². The topological polar surface area (TPSA) is 17.1 Å². The summed E-state index contributed by atoms with van der Waals surface area (Å²) in [6, 6.07) is 0. The summed E-state index contributed by atoms with van der Waals surface area (Å²) in [6.07, 6.45) is 9.50. The maximum atomic E-state index is 7.75. The maximum Gasteiger partial charge on any atom is 0 e. The normalized spacial score (nSPS) is 11.5. The summed E-state index contributed by atoms with van der Waals surface area (Å²) in [4.78, 5) is 7.75. The Balaban J connectivity index is 0. The molecule has 0 aromatic rings. The molecule has 46 valence electrons. The van der Waals surface area contributed by atoms with Gasteiger partial charge in [-0.1, -0.05) is 24.3 Å². The van der Waals surface area contributed by atoms with Crippen LogP contribution in [0.4, 0.5) is 0 Å². The van der Waals surface area contributed by atoms with E-state index < -0.39 is 0 Å². The van der Waals surface area contributed by atoms with Gasteiger partial charge in [-0.15, -0.1) is 0 Å². The van der Waals surface area contributed by atoms with Crippen LogP contribution in [0.25, 0.3) is 0 Å². The molecule has 0 atom stereocenters. The molecule has 0 aliphatic heterocycles. The molecular weight excluding hydrogens is 144 g/mol. The first-order valence-electron chi connectivity index (χ1n) is 2.05. The van der Waals surface area contributed by atoms with Crippen LogP contribution in [0.15, 0.2) is 24.3 Å². The van der Waals surface area contributed by atoms with E-state index in [1.807, 2.05) is 0 Å². The molecule has 1 aliphatic carbocycles. The fourth-order valence-electron chi connectivity index (χ4n) is 0.393. The van der Waals surface area contributed by atoms with E-state index >= 15 is 0 Å². The fraction of sp³-hybridized carbons (Fsp3) is 0.167. The molecule has 0 bridgehead atoms. The molecule has 0 saturated heterocycles. The van der Waals surface area contributed by atoms with E-state index in [9.17, 15) is 0 Å². The summed E-state index contributed by atoms with van der Waals surface area (Å²) in [7, 11) is 0. The molecule has 0 heterocycles. The largest absolute Gasteiger partial charge is 0.545 e. The molecule has 8 heavy (non-hydrogen) atoms. The molecule has 0 aromatic heterocycles. The summed E-state index contributed by atoms with van der Waals surface area (Å²) in [5.74, 6) is 0. The predicted molar refractivity (Wildman–Crippen MR) is 29.6 cm³/mol. The fourth-order valence-corrected chi connectivity index (χ4v) is 0.393. The van der Waals surface area contributed by atoms with Crippen molar-refractivity contribution in [3.63, 3.8) is 0 Å². The van der Waals surface area contributed by atoms with E-state index in [-0.39, 0.29) is 17.1 Å². The summed E-state index contributed by atoms with van der Waals surface area (Å²) in [5.41, 5.74) is 0. The van der Waals surface area contributed by atoms with Crippen LogP contribution < -0.4 is 0 Å². The van der Waals surface area contributed by atoms with Crippen molar-refractivity contribution in [1.82, 2.24) is 0 Å². The Morgan fingerprint density at radius 2 is 1.50 bits per heavy atom. The smallest absolute Gasteiger partial charge is 0 e. The minimum atomic E-state index is 0. The Morgan fingerprint density at radius 1 is 1.12 bits per heavy atom. The number of hydrogen-bond acceptors (Lipinski definition) is 1. The van der Waals surface area contributed by atoms with Crippen molar-refractivity contribution in [2.75, 3.05) is 0 Å². The van der Waals surface area contributed by atoms with E-state index in [2.05, 4.69) is 31.1 Å². The third-order valence-electron chi connectivity index (χ3n) is 0.655. The molecule has 0 radical (unpaired) electrons. The Labute approximate surface area is 59.9 Å². The van der Waals surface area contributed by atoms with Crippen molar-refractivity contribution in [3.05, 3.63) is 24.3 Å². The van der Waals surface area contributed by atoms with Crippen molar-refractivity contribution in [2.24, 2.45) is 0 Å². The standard InChI is InChI=1S/C5H6.CHO.Fe/c1-2-4-5-3-1;1-2;/h1-4H,5H2;1H;/q;-1;. The van der Waals surface area contributed by atoms with Crippen LogP contribution in [-0.2, 0) is 21.9 Å². The van der Waals surface area contributed by atoms with Gasteiger partial charge in [-0.25, -0.2) is 0 Å².